The number of benzene rings is 1. The van der Waals surface area contributed by atoms with Crippen molar-refractivity contribution in [1.82, 2.24) is 4.72 Å². The normalized spacial score (nSPS) is 16.1. The zero-order valence-electron chi connectivity index (χ0n) is 10.2. The van der Waals surface area contributed by atoms with Crippen LogP contribution in [0.4, 0.5) is 5.69 Å². The van der Waals surface area contributed by atoms with Crippen LogP contribution < -0.4 is 10.5 Å². The van der Waals surface area contributed by atoms with Crippen molar-refractivity contribution in [3.63, 3.8) is 0 Å². The van der Waals surface area contributed by atoms with Crippen LogP contribution in [0, 0.1) is 19.8 Å². The fourth-order valence-electron chi connectivity index (χ4n) is 2.03. The van der Waals surface area contributed by atoms with E-state index in [-0.39, 0.29) is 0 Å². The minimum atomic E-state index is -3.40. The van der Waals surface area contributed by atoms with Gasteiger partial charge < -0.3 is 5.73 Å². The minimum absolute atomic E-state index is 0.368. The average molecular weight is 254 g/mol. The van der Waals surface area contributed by atoms with E-state index in [9.17, 15) is 8.42 Å². The van der Waals surface area contributed by atoms with E-state index in [0.29, 0.717) is 34.2 Å². The summed E-state index contributed by atoms with van der Waals surface area (Å²) < 4.78 is 27.0. The molecule has 0 spiro atoms. The van der Waals surface area contributed by atoms with E-state index in [1.807, 2.05) is 0 Å². The predicted octanol–water partition coefficient (Wildman–Crippen LogP) is 1.57. The number of hydrogen-bond acceptors (Lipinski definition) is 3. The molecule has 3 N–H and O–H groups in total. The van der Waals surface area contributed by atoms with Gasteiger partial charge in [0.25, 0.3) is 0 Å². The topological polar surface area (TPSA) is 72.2 Å². The Labute approximate surface area is 102 Å². The Hall–Kier alpha value is -1.07. The molecule has 4 nitrogen and oxygen atoms in total. The first-order valence-corrected chi connectivity index (χ1v) is 7.25. The van der Waals surface area contributed by atoms with Gasteiger partial charge in [-0.3, -0.25) is 0 Å². The second kappa shape index (κ2) is 4.31. The molecule has 1 aromatic carbocycles. The molecular weight excluding hydrogens is 236 g/mol. The maximum Gasteiger partial charge on any atom is 0.241 e. The molecule has 2 rings (SSSR count). The van der Waals surface area contributed by atoms with Crippen molar-refractivity contribution in [2.24, 2.45) is 5.92 Å². The van der Waals surface area contributed by atoms with Crippen LogP contribution in [0.3, 0.4) is 0 Å². The summed E-state index contributed by atoms with van der Waals surface area (Å²) in [4.78, 5) is 0.368. The SMILES string of the molecule is Cc1cc(N)cc(C)c1S(=O)(=O)NCC1CC1. The zero-order chi connectivity index (χ0) is 12.6. The largest absolute Gasteiger partial charge is 0.399 e. The van der Waals surface area contributed by atoms with E-state index in [4.69, 9.17) is 5.73 Å². The molecule has 0 unspecified atom stereocenters. The van der Waals surface area contributed by atoms with Gasteiger partial charge in [-0.1, -0.05) is 0 Å². The van der Waals surface area contributed by atoms with Crippen molar-refractivity contribution < 1.29 is 8.42 Å². The van der Waals surface area contributed by atoms with Crippen LogP contribution in [-0.4, -0.2) is 15.0 Å². The number of anilines is 1. The van der Waals surface area contributed by atoms with Crippen LogP contribution in [0.25, 0.3) is 0 Å². The first-order valence-electron chi connectivity index (χ1n) is 5.76. The van der Waals surface area contributed by atoms with Crippen LogP contribution in [0.5, 0.6) is 0 Å². The van der Waals surface area contributed by atoms with Crippen molar-refractivity contribution in [3.8, 4) is 0 Å². The van der Waals surface area contributed by atoms with E-state index >= 15 is 0 Å². The Morgan fingerprint density at radius 1 is 1.29 bits per heavy atom. The number of nitrogens with two attached hydrogens (primary N) is 1. The molecule has 1 aliphatic rings. The highest BCUT2D eigenvalue weighted by Crippen LogP contribution is 2.29. The van der Waals surface area contributed by atoms with Gasteiger partial charge in [-0.2, -0.15) is 0 Å². The smallest absolute Gasteiger partial charge is 0.241 e. The van der Waals surface area contributed by atoms with E-state index < -0.39 is 10.0 Å². The van der Waals surface area contributed by atoms with E-state index in [1.165, 1.54) is 0 Å². The third-order valence-electron chi connectivity index (χ3n) is 3.01. The molecule has 1 aliphatic carbocycles. The second-order valence-electron chi connectivity index (χ2n) is 4.78. The molecule has 0 saturated heterocycles. The number of sulfonamides is 1. The predicted molar refractivity (Wildman–Crippen MR) is 68.2 cm³/mol. The number of nitrogen functional groups attached to an aromatic ring is 1. The fraction of sp³-hybridized carbons (Fsp3) is 0.500. The quantitative estimate of drug-likeness (QED) is 0.801. The molecule has 0 aromatic heterocycles. The molecule has 5 heteroatoms. The van der Waals surface area contributed by atoms with Gasteiger partial charge in [-0.15, -0.1) is 0 Å². The van der Waals surface area contributed by atoms with E-state index in [0.717, 1.165) is 12.8 Å². The van der Waals surface area contributed by atoms with Gasteiger partial charge in [-0.25, -0.2) is 13.1 Å². The number of aryl methyl sites for hydroxylation is 2. The monoisotopic (exact) mass is 254 g/mol. The van der Waals surface area contributed by atoms with Crippen LogP contribution in [0.1, 0.15) is 24.0 Å². The minimum Gasteiger partial charge on any atom is -0.399 e. The summed E-state index contributed by atoms with van der Waals surface area (Å²) in [6.07, 6.45) is 2.25. The van der Waals surface area contributed by atoms with Crippen LogP contribution in [-0.2, 0) is 10.0 Å². The number of hydrogen-bond donors (Lipinski definition) is 2. The van der Waals surface area contributed by atoms with Gasteiger partial charge >= 0.3 is 0 Å². The van der Waals surface area contributed by atoms with Gasteiger partial charge in [0.15, 0.2) is 0 Å². The molecule has 1 saturated carbocycles. The molecule has 1 aromatic rings. The Morgan fingerprint density at radius 2 is 1.82 bits per heavy atom. The Morgan fingerprint density at radius 3 is 2.29 bits per heavy atom. The zero-order valence-corrected chi connectivity index (χ0v) is 11.0. The molecule has 0 heterocycles. The number of nitrogens with one attached hydrogen (secondary N) is 1. The van der Waals surface area contributed by atoms with Gasteiger partial charge in [0.1, 0.15) is 0 Å². The molecular formula is C12H18N2O2S. The standard InChI is InChI=1S/C12H18N2O2S/c1-8-5-11(13)6-9(2)12(8)17(15,16)14-7-10-3-4-10/h5-6,10,14H,3-4,7,13H2,1-2H3. The van der Waals surface area contributed by atoms with Crippen LogP contribution in [0.15, 0.2) is 17.0 Å². The van der Waals surface area contributed by atoms with Crippen molar-refractivity contribution >= 4 is 15.7 Å². The van der Waals surface area contributed by atoms with Crippen LogP contribution >= 0.6 is 0 Å². The highest BCUT2D eigenvalue weighted by Gasteiger charge is 2.25. The van der Waals surface area contributed by atoms with Crippen molar-refractivity contribution in [1.29, 1.82) is 0 Å². The maximum atomic E-state index is 12.2. The van der Waals surface area contributed by atoms with Crippen molar-refractivity contribution in [2.45, 2.75) is 31.6 Å². The molecule has 0 atom stereocenters. The molecule has 0 amide bonds. The summed E-state index contributed by atoms with van der Waals surface area (Å²) in [5.74, 6) is 0.527. The Balaban J connectivity index is 2.31. The lowest BCUT2D eigenvalue weighted by Crippen LogP contribution is -2.27. The van der Waals surface area contributed by atoms with E-state index in [2.05, 4.69) is 4.72 Å². The molecule has 0 aliphatic heterocycles. The molecule has 17 heavy (non-hydrogen) atoms. The average Bonchev–Trinajstić information content (AvgIpc) is 2.95. The van der Waals surface area contributed by atoms with Gasteiger partial charge in [0, 0.05) is 12.2 Å². The van der Waals surface area contributed by atoms with Crippen LogP contribution in [0.2, 0.25) is 0 Å². The maximum absolute atomic E-state index is 12.2. The van der Waals surface area contributed by atoms with Gasteiger partial charge in [0.2, 0.25) is 10.0 Å². The van der Waals surface area contributed by atoms with Crippen molar-refractivity contribution in [3.05, 3.63) is 23.3 Å². The summed E-state index contributed by atoms with van der Waals surface area (Å²) in [7, 11) is -3.40. The summed E-state index contributed by atoms with van der Waals surface area (Å²) in [5.41, 5.74) is 7.69. The number of rotatable bonds is 4. The Kier molecular flexibility index (Phi) is 3.14. The third kappa shape index (κ3) is 2.79. The van der Waals surface area contributed by atoms with Crippen molar-refractivity contribution in [2.75, 3.05) is 12.3 Å². The summed E-state index contributed by atoms with van der Waals surface area (Å²) in [6, 6.07) is 3.39. The second-order valence-corrected chi connectivity index (χ2v) is 6.48. The molecule has 0 radical (unpaired) electrons. The van der Waals surface area contributed by atoms with Gasteiger partial charge in [-0.05, 0) is 55.9 Å². The molecule has 0 bridgehead atoms. The first kappa shape index (κ1) is 12.4. The lowest BCUT2D eigenvalue weighted by atomic mass is 10.1. The highest BCUT2D eigenvalue weighted by molar-refractivity contribution is 7.89. The molecule has 1 fully saturated rings. The summed E-state index contributed by atoms with van der Waals surface area (Å²) >= 11 is 0. The summed E-state index contributed by atoms with van der Waals surface area (Å²) in [6.45, 7) is 4.09. The fourth-order valence-corrected chi connectivity index (χ4v) is 3.59. The van der Waals surface area contributed by atoms with E-state index in [1.54, 1.807) is 26.0 Å². The highest BCUT2D eigenvalue weighted by atomic mass is 32.2. The Bertz CT molecular complexity index is 510. The first-order chi connectivity index (χ1) is 7.90. The molecule has 94 valence electrons. The lowest BCUT2D eigenvalue weighted by Gasteiger charge is -2.12. The summed E-state index contributed by atoms with van der Waals surface area (Å²) in [5, 5.41) is 0. The lowest BCUT2D eigenvalue weighted by molar-refractivity contribution is 0.576. The van der Waals surface area contributed by atoms with Gasteiger partial charge in [0.05, 0.1) is 4.90 Å². The third-order valence-corrected chi connectivity index (χ3v) is 4.74.